The lowest BCUT2D eigenvalue weighted by Crippen LogP contribution is -2.35. The summed E-state index contributed by atoms with van der Waals surface area (Å²) in [6.45, 7) is 0. The van der Waals surface area contributed by atoms with Gasteiger partial charge in [0.1, 0.15) is 0 Å². The van der Waals surface area contributed by atoms with E-state index in [1.807, 2.05) is 0 Å². The summed E-state index contributed by atoms with van der Waals surface area (Å²) in [6.07, 6.45) is -3.69. The maximum atomic E-state index is 11.3. The Kier molecular flexibility index (Phi) is 5.47. The molecule has 0 bridgehead atoms. The lowest BCUT2D eigenvalue weighted by atomic mass is 9.94. The molecule has 104 valence electrons. The highest BCUT2D eigenvalue weighted by Gasteiger charge is 2.50. The van der Waals surface area contributed by atoms with Gasteiger partial charge in [-0.15, -0.1) is 0 Å². The third-order valence-electron chi connectivity index (χ3n) is 2.38. The number of aliphatic carboxylic acids is 3. The molecule has 0 rings (SSSR count). The van der Waals surface area contributed by atoms with E-state index in [2.05, 4.69) is 0 Å². The molecule has 5 N–H and O–H groups in total. The predicted molar refractivity (Wildman–Crippen MR) is 56.2 cm³/mol. The van der Waals surface area contributed by atoms with E-state index in [1.54, 1.807) is 0 Å². The molecule has 0 spiro atoms. The van der Waals surface area contributed by atoms with Crippen LogP contribution >= 0.6 is 7.60 Å². The number of carboxylic acid groups (broad SMARTS) is 3. The van der Waals surface area contributed by atoms with Gasteiger partial charge >= 0.3 is 25.5 Å². The van der Waals surface area contributed by atoms with Crippen molar-refractivity contribution >= 4 is 25.5 Å². The Morgan fingerprint density at radius 2 is 1.28 bits per heavy atom. The van der Waals surface area contributed by atoms with Gasteiger partial charge in [-0.05, 0) is 6.42 Å². The number of rotatable bonds is 8. The number of carboxylic acids is 3. The molecular weight excluding hydrogens is 271 g/mol. The third-order valence-corrected chi connectivity index (χ3v) is 4.16. The van der Waals surface area contributed by atoms with Crippen LogP contribution in [-0.4, -0.2) is 48.2 Å². The minimum atomic E-state index is -5.10. The Balaban J connectivity index is 5.39. The molecule has 0 aromatic rings. The summed E-state index contributed by atoms with van der Waals surface area (Å²) in [7, 11) is -5.10. The molecule has 0 aliphatic heterocycles. The fraction of sp³-hybridized carbons (Fsp3) is 0.625. The molecule has 10 heteroatoms. The van der Waals surface area contributed by atoms with Crippen molar-refractivity contribution < 1.29 is 44.1 Å². The van der Waals surface area contributed by atoms with E-state index in [-0.39, 0.29) is 0 Å². The summed E-state index contributed by atoms with van der Waals surface area (Å²) in [5, 5.41) is 23.3. The van der Waals surface area contributed by atoms with Crippen molar-refractivity contribution in [2.24, 2.45) is 0 Å². The maximum absolute atomic E-state index is 11.3. The smallest absolute Gasteiger partial charge is 0.332 e. The van der Waals surface area contributed by atoms with E-state index < -0.39 is 56.3 Å². The van der Waals surface area contributed by atoms with Crippen LogP contribution in [0.2, 0.25) is 0 Å². The van der Waals surface area contributed by atoms with Crippen LogP contribution in [0.25, 0.3) is 0 Å². The van der Waals surface area contributed by atoms with Gasteiger partial charge in [-0.25, -0.2) is 0 Å². The van der Waals surface area contributed by atoms with Crippen LogP contribution in [0, 0.1) is 0 Å². The second-order valence-electron chi connectivity index (χ2n) is 3.80. The molecule has 0 aromatic carbocycles. The molecule has 0 atom stereocenters. The zero-order chi connectivity index (χ0) is 14.6. The first-order valence-corrected chi connectivity index (χ1v) is 6.32. The molecule has 0 amide bonds. The first-order chi connectivity index (χ1) is 8.00. The minimum Gasteiger partial charge on any atom is -0.481 e. The second kappa shape index (κ2) is 5.94. The van der Waals surface area contributed by atoms with Crippen molar-refractivity contribution in [2.75, 3.05) is 0 Å². The molecule has 0 saturated heterocycles. The van der Waals surface area contributed by atoms with Gasteiger partial charge in [0.25, 0.3) is 0 Å². The molecule has 0 fully saturated rings. The quantitative estimate of drug-likeness (QED) is 0.376. The van der Waals surface area contributed by atoms with Gasteiger partial charge in [-0.3, -0.25) is 18.9 Å². The van der Waals surface area contributed by atoms with Gasteiger partial charge in [0.15, 0.2) is 0 Å². The van der Waals surface area contributed by atoms with Crippen LogP contribution in [0.15, 0.2) is 0 Å². The largest absolute Gasteiger partial charge is 0.481 e. The van der Waals surface area contributed by atoms with Crippen LogP contribution in [0.1, 0.15) is 25.7 Å². The molecule has 0 aliphatic carbocycles. The average Bonchev–Trinajstić information content (AvgIpc) is 2.10. The van der Waals surface area contributed by atoms with Gasteiger partial charge in [-0.1, -0.05) is 0 Å². The van der Waals surface area contributed by atoms with Crippen molar-refractivity contribution in [2.45, 2.75) is 30.8 Å². The van der Waals surface area contributed by atoms with Gasteiger partial charge < -0.3 is 25.1 Å². The minimum absolute atomic E-state index is 0.730. The summed E-state index contributed by atoms with van der Waals surface area (Å²) < 4.78 is 11.3. The highest BCUT2D eigenvalue weighted by atomic mass is 31.2. The van der Waals surface area contributed by atoms with Crippen LogP contribution in [0.3, 0.4) is 0 Å². The number of hydrogen-bond donors (Lipinski definition) is 5. The molecule has 0 heterocycles. The van der Waals surface area contributed by atoms with Crippen molar-refractivity contribution in [3.8, 4) is 0 Å². The Morgan fingerprint density at radius 1 is 0.889 bits per heavy atom. The second-order valence-corrected chi connectivity index (χ2v) is 5.84. The first-order valence-electron chi connectivity index (χ1n) is 4.71. The standard InChI is InChI=1S/C8H13O9P/c9-5(10)1-2-8(3-6(11)12,4-7(13)14)18(15,16)17/h1-4H2,(H,9,10)(H,11,12)(H,13,14)(H2,15,16,17). The van der Waals surface area contributed by atoms with Gasteiger partial charge in [-0.2, -0.15) is 0 Å². The van der Waals surface area contributed by atoms with Crippen molar-refractivity contribution in [1.82, 2.24) is 0 Å². The molecule has 9 nitrogen and oxygen atoms in total. The summed E-state index contributed by atoms with van der Waals surface area (Å²) in [5.41, 5.74) is 0. The lowest BCUT2D eigenvalue weighted by Gasteiger charge is -2.30. The topological polar surface area (TPSA) is 169 Å². The zero-order valence-corrected chi connectivity index (χ0v) is 10.0. The van der Waals surface area contributed by atoms with E-state index in [0.29, 0.717) is 0 Å². The van der Waals surface area contributed by atoms with Gasteiger partial charge in [0.05, 0.1) is 18.0 Å². The van der Waals surface area contributed by atoms with E-state index >= 15 is 0 Å². The SMILES string of the molecule is O=C(O)CCC(CC(=O)O)(CC(=O)O)P(=O)(O)O. The molecule has 0 radical (unpaired) electrons. The lowest BCUT2D eigenvalue weighted by molar-refractivity contribution is -0.142. The number of carbonyl (C=O) groups is 3. The Morgan fingerprint density at radius 3 is 1.50 bits per heavy atom. The highest BCUT2D eigenvalue weighted by molar-refractivity contribution is 7.53. The molecule has 0 aromatic heterocycles. The summed E-state index contributed by atoms with van der Waals surface area (Å²) in [6, 6.07) is 0. The van der Waals surface area contributed by atoms with Gasteiger partial charge in [0.2, 0.25) is 0 Å². The highest BCUT2D eigenvalue weighted by Crippen LogP contribution is 2.57. The molecule has 18 heavy (non-hydrogen) atoms. The molecule has 0 unspecified atom stereocenters. The maximum Gasteiger partial charge on any atom is 0.332 e. The van der Waals surface area contributed by atoms with E-state index in [4.69, 9.17) is 25.1 Å². The Bertz CT molecular complexity index is 379. The fourth-order valence-electron chi connectivity index (χ4n) is 1.49. The van der Waals surface area contributed by atoms with Crippen LogP contribution < -0.4 is 0 Å². The van der Waals surface area contributed by atoms with E-state index in [1.165, 1.54) is 0 Å². The molecule has 0 saturated carbocycles. The predicted octanol–water partition coefficient (Wildman–Crippen LogP) is -0.283. The van der Waals surface area contributed by atoms with E-state index in [9.17, 15) is 18.9 Å². The zero-order valence-electron chi connectivity index (χ0n) is 9.14. The van der Waals surface area contributed by atoms with E-state index in [0.717, 1.165) is 0 Å². The van der Waals surface area contributed by atoms with Crippen molar-refractivity contribution in [3.05, 3.63) is 0 Å². The van der Waals surface area contributed by atoms with Crippen LogP contribution in [0.5, 0.6) is 0 Å². The third kappa shape index (κ3) is 4.82. The average molecular weight is 284 g/mol. The normalized spacial score (nSPS) is 12.1. The Labute approximate surface area is 101 Å². The first kappa shape index (κ1) is 16.6. The molecule has 0 aliphatic rings. The van der Waals surface area contributed by atoms with Crippen molar-refractivity contribution in [3.63, 3.8) is 0 Å². The van der Waals surface area contributed by atoms with Crippen LogP contribution in [-0.2, 0) is 18.9 Å². The summed E-state index contributed by atoms with van der Waals surface area (Å²) in [4.78, 5) is 49.9. The number of hydrogen-bond acceptors (Lipinski definition) is 4. The molecular formula is C8H13O9P. The monoisotopic (exact) mass is 284 g/mol. The van der Waals surface area contributed by atoms with Crippen molar-refractivity contribution in [1.29, 1.82) is 0 Å². The van der Waals surface area contributed by atoms with Gasteiger partial charge in [0, 0.05) is 6.42 Å². The Hall–Kier alpha value is -1.44. The van der Waals surface area contributed by atoms with Crippen LogP contribution in [0.4, 0.5) is 0 Å². The fourth-order valence-corrected chi connectivity index (χ4v) is 2.58. The summed E-state index contributed by atoms with van der Waals surface area (Å²) in [5.74, 6) is -4.61. The summed E-state index contributed by atoms with van der Waals surface area (Å²) >= 11 is 0.